The van der Waals surface area contributed by atoms with Gasteiger partial charge in [0.25, 0.3) is 0 Å². The first kappa shape index (κ1) is 18.8. The molecule has 3 aliphatic heterocycles. The number of ether oxygens (including phenoxy) is 2. The van der Waals surface area contributed by atoms with Gasteiger partial charge in [0.1, 0.15) is 11.4 Å². The summed E-state index contributed by atoms with van der Waals surface area (Å²) in [7, 11) is 1.72. The normalized spacial score (nSPS) is 25.6. The van der Waals surface area contributed by atoms with Crippen LogP contribution >= 0.6 is 0 Å². The molecule has 0 aromatic heterocycles. The van der Waals surface area contributed by atoms with E-state index < -0.39 is 0 Å². The van der Waals surface area contributed by atoms with E-state index in [1.165, 1.54) is 24.9 Å². The third kappa shape index (κ3) is 4.30. The van der Waals surface area contributed by atoms with Crippen molar-refractivity contribution in [3.8, 4) is 5.75 Å². The minimum absolute atomic E-state index is 0.112. The highest BCUT2D eigenvalue weighted by atomic mass is 16.5. The van der Waals surface area contributed by atoms with Crippen molar-refractivity contribution in [2.45, 2.75) is 50.0 Å². The summed E-state index contributed by atoms with van der Waals surface area (Å²) in [4.78, 5) is 14.7. The summed E-state index contributed by atoms with van der Waals surface area (Å²) in [6, 6.07) is 8.28. The minimum atomic E-state index is -0.112. The van der Waals surface area contributed by atoms with Gasteiger partial charge in [-0.3, -0.25) is 4.79 Å². The van der Waals surface area contributed by atoms with E-state index in [1.54, 1.807) is 7.05 Å². The molecule has 5 heteroatoms. The Morgan fingerprint density at radius 3 is 2.70 bits per heavy atom. The van der Waals surface area contributed by atoms with Gasteiger partial charge in [0, 0.05) is 52.2 Å². The van der Waals surface area contributed by atoms with Gasteiger partial charge in [0.15, 0.2) is 0 Å². The Hall–Kier alpha value is -1.59. The molecule has 3 aliphatic rings. The van der Waals surface area contributed by atoms with Crippen molar-refractivity contribution >= 4 is 5.91 Å². The maximum Gasteiger partial charge on any atom is 0.220 e. The molecule has 2 saturated heterocycles. The van der Waals surface area contributed by atoms with Crippen molar-refractivity contribution < 1.29 is 14.3 Å². The fraction of sp³-hybridized carbons (Fsp3) is 0.682. The van der Waals surface area contributed by atoms with Crippen LogP contribution in [0.5, 0.6) is 5.75 Å². The molecule has 0 saturated carbocycles. The average Bonchev–Trinajstić information content (AvgIpc) is 2.70. The number of carbonyl (C=O) groups is 1. The summed E-state index contributed by atoms with van der Waals surface area (Å²) in [6.45, 7) is 5.21. The van der Waals surface area contributed by atoms with Crippen LogP contribution in [0.15, 0.2) is 24.3 Å². The number of hydrogen-bond donors (Lipinski definition) is 1. The first-order valence-corrected chi connectivity index (χ1v) is 10.5. The maximum absolute atomic E-state index is 12.1. The van der Waals surface area contributed by atoms with Gasteiger partial charge in [0.2, 0.25) is 5.91 Å². The van der Waals surface area contributed by atoms with E-state index in [0.717, 1.165) is 57.2 Å². The van der Waals surface area contributed by atoms with Crippen molar-refractivity contribution in [3.05, 3.63) is 29.8 Å². The molecular weight excluding hydrogens is 340 g/mol. The summed E-state index contributed by atoms with van der Waals surface area (Å²) in [6.07, 6.45) is 5.98. The van der Waals surface area contributed by atoms with Crippen LogP contribution in [0, 0.1) is 5.92 Å². The van der Waals surface area contributed by atoms with E-state index in [-0.39, 0.29) is 17.4 Å². The number of hydrogen-bond acceptors (Lipinski definition) is 4. The fourth-order valence-corrected chi connectivity index (χ4v) is 5.00. The van der Waals surface area contributed by atoms with Crippen LogP contribution in [-0.4, -0.2) is 56.3 Å². The third-order valence-corrected chi connectivity index (χ3v) is 6.64. The van der Waals surface area contributed by atoms with E-state index in [0.29, 0.717) is 6.42 Å². The molecule has 0 aliphatic carbocycles. The third-order valence-electron chi connectivity index (χ3n) is 6.64. The Balaban J connectivity index is 1.42. The topological polar surface area (TPSA) is 50.8 Å². The van der Waals surface area contributed by atoms with E-state index in [9.17, 15) is 4.79 Å². The molecule has 1 amide bonds. The maximum atomic E-state index is 12.1. The lowest BCUT2D eigenvalue weighted by Crippen LogP contribution is -2.51. The second-order valence-electron chi connectivity index (χ2n) is 8.46. The van der Waals surface area contributed by atoms with Crippen molar-refractivity contribution in [2.75, 3.05) is 39.9 Å². The molecule has 0 unspecified atom stereocenters. The van der Waals surface area contributed by atoms with Gasteiger partial charge in [0.05, 0.1) is 0 Å². The molecule has 0 bridgehead atoms. The largest absolute Gasteiger partial charge is 0.487 e. The molecule has 0 radical (unpaired) electrons. The Labute approximate surface area is 162 Å². The summed E-state index contributed by atoms with van der Waals surface area (Å²) in [5.74, 6) is 2.12. The van der Waals surface area contributed by atoms with Crippen LogP contribution in [0.4, 0.5) is 0 Å². The highest BCUT2D eigenvalue weighted by Crippen LogP contribution is 2.46. The Kier molecular flexibility index (Phi) is 5.69. The Morgan fingerprint density at radius 2 is 1.96 bits per heavy atom. The van der Waals surface area contributed by atoms with Gasteiger partial charge < -0.3 is 19.7 Å². The molecule has 1 aromatic rings. The zero-order valence-electron chi connectivity index (χ0n) is 16.4. The highest BCUT2D eigenvalue weighted by Gasteiger charge is 2.43. The van der Waals surface area contributed by atoms with Crippen molar-refractivity contribution in [1.82, 2.24) is 10.2 Å². The standard InChI is InChI=1S/C22H32N2O3/c1-23-21(25)14-18-15-22(27-20-5-3-2-4-19(18)20)8-10-24(11-9-22)16-17-6-12-26-13-7-17/h2-5,17-18H,6-16H2,1H3,(H,23,25)/t18-/m1/s1. The van der Waals surface area contributed by atoms with E-state index in [2.05, 4.69) is 22.3 Å². The molecule has 1 spiro atoms. The molecule has 3 heterocycles. The zero-order chi connectivity index (χ0) is 18.7. The lowest BCUT2D eigenvalue weighted by Gasteiger charge is -2.47. The number of benzene rings is 1. The number of amides is 1. The lowest BCUT2D eigenvalue weighted by molar-refractivity contribution is -0.121. The number of nitrogens with one attached hydrogen (secondary N) is 1. The Morgan fingerprint density at radius 1 is 1.22 bits per heavy atom. The molecule has 27 heavy (non-hydrogen) atoms. The summed E-state index contributed by atoms with van der Waals surface area (Å²) in [5, 5.41) is 2.79. The molecule has 2 fully saturated rings. The van der Waals surface area contributed by atoms with Gasteiger partial charge in [-0.25, -0.2) is 0 Å². The second-order valence-corrected chi connectivity index (χ2v) is 8.46. The monoisotopic (exact) mass is 372 g/mol. The van der Waals surface area contributed by atoms with Crippen molar-refractivity contribution in [3.63, 3.8) is 0 Å². The second kappa shape index (κ2) is 8.19. The molecular formula is C22H32N2O3. The van der Waals surface area contributed by atoms with Gasteiger partial charge in [-0.1, -0.05) is 18.2 Å². The van der Waals surface area contributed by atoms with Crippen molar-refractivity contribution in [2.24, 2.45) is 5.92 Å². The van der Waals surface area contributed by atoms with Crippen LogP contribution in [0.3, 0.4) is 0 Å². The average molecular weight is 373 g/mol. The van der Waals surface area contributed by atoms with Crippen LogP contribution in [0.25, 0.3) is 0 Å². The van der Waals surface area contributed by atoms with Crippen LogP contribution in [0.2, 0.25) is 0 Å². The van der Waals surface area contributed by atoms with Crippen LogP contribution in [-0.2, 0) is 9.53 Å². The van der Waals surface area contributed by atoms with Gasteiger partial charge in [-0.05, 0) is 49.7 Å². The van der Waals surface area contributed by atoms with Crippen LogP contribution < -0.4 is 10.1 Å². The summed E-state index contributed by atoms with van der Waals surface area (Å²) < 4.78 is 12.1. The number of fused-ring (bicyclic) bond motifs is 1. The first-order valence-electron chi connectivity index (χ1n) is 10.5. The quantitative estimate of drug-likeness (QED) is 0.883. The molecule has 1 aromatic carbocycles. The number of para-hydroxylation sites is 1. The highest BCUT2D eigenvalue weighted by molar-refractivity contribution is 5.76. The minimum Gasteiger partial charge on any atom is -0.487 e. The molecule has 5 nitrogen and oxygen atoms in total. The SMILES string of the molecule is CNC(=O)C[C@@H]1CC2(CCN(CC3CCOCC3)CC2)Oc2ccccc21. The summed E-state index contributed by atoms with van der Waals surface area (Å²) in [5.41, 5.74) is 1.08. The number of piperidine rings is 1. The predicted octanol–water partition coefficient (Wildman–Crippen LogP) is 2.95. The van der Waals surface area contributed by atoms with Gasteiger partial charge in [-0.15, -0.1) is 0 Å². The summed E-state index contributed by atoms with van der Waals surface area (Å²) >= 11 is 0. The van der Waals surface area contributed by atoms with E-state index in [4.69, 9.17) is 9.47 Å². The predicted molar refractivity (Wildman–Crippen MR) is 105 cm³/mol. The Bertz CT molecular complexity index is 649. The molecule has 148 valence electrons. The number of likely N-dealkylation sites (tertiary alicyclic amines) is 1. The molecule has 1 N–H and O–H groups in total. The molecule has 4 rings (SSSR count). The first-order chi connectivity index (χ1) is 13.2. The van der Waals surface area contributed by atoms with Crippen LogP contribution in [0.1, 0.15) is 50.0 Å². The molecule has 1 atom stereocenters. The van der Waals surface area contributed by atoms with Gasteiger partial charge >= 0.3 is 0 Å². The lowest BCUT2D eigenvalue weighted by atomic mass is 9.76. The van der Waals surface area contributed by atoms with Crippen molar-refractivity contribution in [1.29, 1.82) is 0 Å². The smallest absolute Gasteiger partial charge is 0.220 e. The fourth-order valence-electron chi connectivity index (χ4n) is 5.00. The van der Waals surface area contributed by atoms with E-state index in [1.807, 2.05) is 12.1 Å². The zero-order valence-corrected chi connectivity index (χ0v) is 16.4. The number of rotatable bonds is 4. The van der Waals surface area contributed by atoms with E-state index >= 15 is 0 Å². The van der Waals surface area contributed by atoms with Gasteiger partial charge in [-0.2, -0.15) is 0 Å². The number of carbonyl (C=O) groups excluding carboxylic acids is 1. The number of nitrogens with zero attached hydrogens (tertiary/aromatic N) is 1.